The fourth-order valence-corrected chi connectivity index (χ4v) is 3.45. The van der Waals surface area contributed by atoms with Crippen molar-refractivity contribution >= 4 is 47.2 Å². The first-order valence-corrected chi connectivity index (χ1v) is 9.88. The Morgan fingerprint density at radius 1 is 0.793 bits per heavy atom. The van der Waals surface area contributed by atoms with Crippen LogP contribution in [0.5, 0.6) is 11.5 Å². The molecule has 3 rings (SSSR count). The third-order valence-corrected chi connectivity index (χ3v) is 5.21. The highest BCUT2D eigenvalue weighted by atomic mass is 35.5. The van der Waals surface area contributed by atoms with Crippen LogP contribution in [0.4, 0.5) is 0 Å². The molecule has 0 fully saturated rings. The summed E-state index contributed by atoms with van der Waals surface area (Å²) in [5.41, 5.74) is 2.88. The summed E-state index contributed by atoms with van der Waals surface area (Å²) in [6, 6.07) is 18.9. The molecule has 3 nitrogen and oxygen atoms in total. The lowest BCUT2D eigenvalue weighted by molar-refractivity contribution is 0.280. The third kappa shape index (κ3) is 6.43. The Labute approximate surface area is 192 Å². The molecule has 3 aromatic rings. The van der Waals surface area contributed by atoms with E-state index in [9.17, 15) is 0 Å². The number of hydrogen-bond donors (Lipinski definition) is 1. The predicted molar refractivity (Wildman–Crippen MR) is 123 cm³/mol. The van der Waals surface area contributed by atoms with Crippen LogP contribution in [0.15, 0.2) is 60.7 Å². The lowest BCUT2D eigenvalue weighted by atomic mass is 10.1. The van der Waals surface area contributed by atoms with Crippen molar-refractivity contribution in [1.82, 2.24) is 5.32 Å². The maximum absolute atomic E-state index is 6.25. The minimum atomic E-state index is 0. The van der Waals surface area contributed by atoms with Crippen molar-refractivity contribution < 1.29 is 9.47 Å². The summed E-state index contributed by atoms with van der Waals surface area (Å²) in [4.78, 5) is 0. The summed E-state index contributed by atoms with van der Waals surface area (Å²) >= 11 is 18.4. The molecule has 0 aliphatic rings. The van der Waals surface area contributed by atoms with Crippen LogP contribution in [0.2, 0.25) is 15.1 Å². The van der Waals surface area contributed by atoms with Gasteiger partial charge in [-0.3, -0.25) is 0 Å². The zero-order valence-electron chi connectivity index (χ0n) is 15.8. The van der Waals surface area contributed by atoms with E-state index in [1.54, 1.807) is 19.2 Å². The van der Waals surface area contributed by atoms with Crippen molar-refractivity contribution in [2.75, 3.05) is 7.11 Å². The number of halogens is 4. The van der Waals surface area contributed by atoms with Gasteiger partial charge in [0.2, 0.25) is 0 Å². The third-order valence-electron chi connectivity index (χ3n) is 4.26. The molecule has 0 aromatic heterocycles. The number of para-hydroxylation sites is 1. The zero-order valence-corrected chi connectivity index (χ0v) is 18.8. The predicted octanol–water partition coefficient (Wildman–Crippen LogP) is 6.95. The number of ether oxygens (including phenoxy) is 2. The number of benzene rings is 3. The molecular formula is C22H21Cl4NO2. The molecule has 1 N–H and O–H groups in total. The summed E-state index contributed by atoms with van der Waals surface area (Å²) in [5.74, 6) is 1.35. The quantitative estimate of drug-likeness (QED) is 0.384. The minimum absolute atomic E-state index is 0. The van der Waals surface area contributed by atoms with Gasteiger partial charge in [-0.1, -0.05) is 71.2 Å². The second-order valence-corrected chi connectivity index (χ2v) is 7.42. The van der Waals surface area contributed by atoms with Crippen molar-refractivity contribution in [3.8, 4) is 11.5 Å². The number of rotatable bonds is 8. The van der Waals surface area contributed by atoms with Gasteiger partial charge >= 0.3 is 0 Å². The van der Waals surface area contributed by atoms with E-state index in [2.05, 4.69) is 5.32 Å². The van der Waals surface area contributed by atoms with Crippen LogP contribution < -0.4 is 14.8 Å². The number of hydrogen-bond acceptors (Lipinski definition) is 3. The Morgan fingerprint density at radius 2 is 1.52 bits per heavy atom. The molecule has 0 amide bonds. The van der Waals surface area contributed by atoms with Gasteiger partial charge in [0.1, 0.15) is 6.61 Å². The molecule has 0 atom stereocenters. The van der Waals surface area contributed by atoms with Crippen LogP contribution in [0.25, 0.3) is 0 Å². The van der Waals surface area contributed by atoms with Gasteiger partial charge in [0, 0.05) is 39.3 Å². The molecule has 0 spiro atoms. The minimum Gasteiger partial charge on any atom is -0.493 e. The smallest absolute Gasteiger partial charge is 0.166 e. The van der Waals surface area contributed by atoms with Gasteiger partial charge in [0.15, 0.2) is 11.5 Å². The Balaban J connectivity index is 0.00000300. The molecule has 0 unspecified atom stereocenters. The van der Waals surface area contributed by atoms with Gasteiger partial charge < -0.3 is 14.8 Å². The monoisotopic (exact) mass is 471 g/mol. The van der Waals surface area contributed by atoms with E-state index < -0.39 is 0 Å². The van der Waals surface area contributed by atoms with Gasteiger partial charge in [-0.25, -0.2) is 0 Å². The fourth-order valence-electron chi connectivity index (χ4n) is 2.79. The van der Waals surface area contributed by atoms with Gasteiger partial charge in [0.25, 0.3) is 0 Å². The summed E-state index contributed by atoms with van der Waals surface area (Å²) in [7, 11) is 1.62. The van der Waals surface area contributed by atoms with Crippen molar-refractivity contribution in [3.05, 3.63) is 92.4 Å². The van der Waals surface area contributed by atoms with Crippen LogP contribution in [0.1, 0.15) is 16.7 Å². The molecule has 154 valence electrons. The van der Waals surface area contributed by atoms with Crippen molar-refractivity contribution in [2.45, 2.75) is 19.7 Å². The largest absolute Gasteiger partial charge is 0.493 e. The average Bonchev–Trinajstić information content (AvgIpc) is 2.69. The molecule has 0 aliphatic heterocycles. The SMILES string of the molecule is COc1cccc(CNCc2ccccc2Cl)c1OCc1ccc(Cl)cc1Cl.Cl. The lowest BCUT2D eigenvalue weighted by Crippen LogP contribution is -2.14. The average molecular weight is 473 g/mol. The Kier molecular flexibility index (Phi) is 9.41. The Bertz CT molecular complexity index is 950. The molecule has 0 saturated heterocycles. The van der Waals surface area contributed by atoms with Crippen LogP contribution in [-0.4, -0.2) is 7.11 Å². The van der Waals surface area contributed by atoms with E-state index >= 15 is 0 Å². The highest BCUT2D eigenvalue weighted by Crippen LogP contribution is 2.33. The van der Waals surface area contributed by atoms with Crippen molar-refractivity contribution in [3.63, 3.8) is 0 Å². The molecule has 7 heteroatoms. The molecular weight excluding hydrogens is 452 g/mol. The van der Waals surface area contributed by atoms with Crippen LogP contribution in [-0.2, 0) is 19.7 Å². The van der Waals surface area contributed by atoms with E-state index in [1.165, 1.54) is 0 Å². The first kappa shape index (κ1) is 23.7. The van der Waals surface area contributed by atoms with Crippen LogP contribution in [0.3, 0.4) is 0 Å². The highest BCUT2D eigenvalue weighted by molar-refractivity contribution is 6.35. The zero-order chi connectivity index (χ0) is 19.9. The first-order chi connectivity index (χ1) is 13.6. The summed E-state index contributed by atoms with van der Waals surface area (Å²) in [5, 5.41) is 5.31. The Morgan fingerprint density at radius 3 is 2.24 bits per heavy atom. The molecule has 3 aromatic carbocycles. The molecule has 0 bridgehead atoms. The first-order valence-electron chi connectivity index (χ1n) is 8.75. The maximum atomic E-state index is 6.25. The Hall–Kier alpha value is -1.62. The van der Waals surface area contributed by atoms with Gasteiger partial charge in [0.05, 0.1) is 7.11 Å². The molecule has 0 aliphatic carbocycles. The van der Waals surface area contributed by atoms with E-state index in [1.807, 2.05) is 48.5 Å². The second kappa shape index (κ2) is 11.5. The van der Waals surface area contributed by atoms with E-state index in [0.29, 0.717) is 41.2 Å². The van der Waals surface area contributed by atoms with E-state index in [0.717, 1.165) is 21.7 Å². The highest BCUT2D eigenvalue weighted by Gasteiger charge is 2.12. The maximum Gasteiger partial charge on any atom is 0.166 e. The van der Waals surface area contributed by atoms with Gasteiger partial charge in [-0.2, -0.15) is 0 Å². The summed E-state index contributed by atoms with van der Waals surface area (Å²) in [6.07, 6.45) is 0. The van der Waals surface area contributed by atoms with Crippen molar-refractivity contribution in [2.24, 2.45) is 0 Å². The van der Waals surface area contributed by atoms with Crippen LogP contribution in [0, 0.1) is 0 Å². The molecule has 0 saturated carbocycles. The molecule has 0 radical (unpaired) electrons. The van der Waals surface area contributed by atoms with E-state index in [-0.39, 0.29) is 12.4 Å². The standard InChI is InChI=1S/C22H20Cl3NO2.ClH/c1-27-21-8-4-6-16(13-26-12-15-5-2-3-7-19(15)24)22(21)28-14-17-9-10-18(23)11-20(17)25;/h2-11,26H,12-14H2,1H3;1H. The lowest BCUT2D eigenvalue weighted by Gasteiger charge is -2.16. The number of nitrogens with one attached hydrogen (secondary N) is 1. The fraction of sp³-hybridized carbons (Fsp3) is 0.182. The van der Waals surface area contributed by atoms with Gasteiger partial charge in [-0.15, -0.1) is 12.4 Å². The normalized spacial score (nSPS) is 10.3. The number of methoxy groups -OCH3 is 1. The molecule has 0 heterocycles. The van der Waals surface area contributed by atoms with Crippen LogP contribution >= 0.6 is 47.2 Å². The summed E-state index contributed by atoms with van der Waals surface area (Å²) < 4.78 is 11.6. The van der Waals surface area contributed by atoms with Crippen molar-refractivity contribution in [1.29, 1.82) is 0 Å². The van der Waals surface area contributed by atoms with E-state index in [4.69, 9.17) is 44.3 Å². The molecule has 29 heavy (non-hydrogen) atoms. The van der Waals surface area contributed by atoms with Gasteiger partial charge in [-0.05, 0) is 29.8 Å². The summed E-state index contributed by atoms with van der Waals surface area (Å²) in [6.45, 7) is 1.57. The second-order valence-electron chi connectivity index (χ2n) is 6.17. The topological polar surface area (TPSA) is 30.5 Å².